The van der Waals surface area contributed by atoms with E-state index in [1.165, 1.54) is 77.0 Å². The van der Waals surface area contributed by atoms with E-state index in [2.05, 4.69) is 33.0 Å². The maximum absolute atomic E-state index is 10.2. The number of unbranched alkanes of at least 4 members (excludes halogenated alkanes) is 11. The molecule has 1 saturated heterocycles. The molecule has 1 atom stereocenters. The molecule has 0 bridgehead atoms. The van der Waals surface area contributed by atoms with Crippen molar-refractivity contribution in [3.8, 4) is 0 Å². The van der Waals surface area contributed by atoms with Crippen LogP contribution in [0.2, 0.25) is 0 Å². The second kappa shape index (κ2) is 20.3. The Bertz CT molecular complexity index is 373. The number of carboxylic acids is 1. The second-order valence-electron chi connectivity index (χ2n) is 10.2. The molecule has 2 N–H and O–H groups in total. The molecule has 1 heterocycles. The van der Waals surface area contributed by atoms with Gasteiger partial charge in [-0.3, -0.25) is 4.79 Å². The first kappa shape index (κ1) is 29.4. The molecule has 1 aliphatic rings. The fraction of sp³-hybridized carbons (Fsp3) is 0.962. The maximum atomic E-state index is 10.2. The normalized spacial score (nSPS) is 16.7. The topological polar surface area (TPSA) is 58.6 Å². The van der Waals surface area contributed by atoms with E-state index in [4.69, 9.17) is 9.84 Å². The van der Waals surface area contributed by atoms with Crippen molar-refractivity contribution in [1.29, 1.82) is 0 Å². The van der Waals surface area contributed by atoms with Crippen LogP contribution in [0.3, 0.4) is 0 Å². The summed E-state index contributed by atoms with van der Waals surface area (Å²) in [6.45, 7) is 11.9. The minimum Gasteiger partial charge on any atom is -0.481 e. The highest BCUT2D eigenvalue weighted by atomic mass is 16.5. The van der Waals surface area contributed by atoms with Gasteiger partial charge in [0.2, 0.25) is 0 Å². The first-order valence-electron chi connectivity index (χ1n) is 12.9. The smallest absolute Gasteiger partial charge is 0.303 e. The number of rotatable bonds is 16. The number of aliphatic carboxylic acids is 1. The Morgan fingerprint density at radius 3 is 1.97 bits per heavy atom. The largest absolute Gasteiger partial charge is 0.481 e. The van der Waals surface area contributed by atoms with Crippen LogP contribution in [-0.2, 0) is 9.53 Å². The monoisotopic (exact) mass is 427 g/mol. The number of carbonyl (C=O) groups is 1. The van der Waals surface area contributed by atoms with E-state index in [0.29, 0.717) is 17.9 Å². The Labute approximate surface area is 187 Å². The van der Waals surface area contributed by atoms with Crippen molar-refractivity contribution in [3.05, 3.63) is 0 Å². The van der Waals surface area contributed by atoms with Gasteiger partial charge in [0.25, 0.3) is 0 Å². The molecule has 1 unspecified atom stereocenters. The third kappa shape index (κ3) is 23.7. The fourth-order valence-corrected chi connectivity index (χ4v) is 3.77. The lowest BCUT2D eigenvalue weighted by Crippen LogP contribution is -2.38. The van der Waals surface area contributed by atoms with E-state index in [-0.39, 0.29) is 0 Å². The minimum absolute atomic E-state index is 0.324. The van der Waals surface area contributed by atoms with Crippen LogP contribution in [0.15, 0.2) is 0 Å². The van der Waals surface area contributed by atoms with Gasteiger partial charge in [-0.1, -0.05) is 105 Å². The summed E-state index contributed by atoms with van der Waals surface area (Å²) in [5, 5.41) is 11.8. The van der Waals surface area contributed by atoms with E-state index in [1.54, 1.807) is 0 Å². The molecule has 4 nitrogen and oxygen atoms in total. The van der Waals surface area contributed by atoms with E-state index in [9.17, 15) is 4.79 Å². The predicted molar refractivity (Wildman–Crippen MR) is 129 cm³/mol. The van der Waals surface area contributed by atoms with Gasteiger partial charge in [0, 0.05) is 19.5 Å². The lowest BCUT2D eigenvalue weighted by molar-refractivity contribution is -0.137. The van der Waals surface area contributed by atoms with Crippen LogP contribution in [0, 0.1) is 5.41 Å². The summed E-state index contributed by atoms with van der Waals surface area (Å²) in [7, 11) is 0. The number of ether oxygens (including phenoxy) is 1. The van der Waals surface area contributed by atoms with Gasteiger partial charge < -0.3 is 15.2 Å². The molecule has 0 amide bonds. The number of morpholine rings is 1. The summed E-state index contributed by atoms with van der Waals surface area (Å²) >= 11 is 0. The molecule has 30 heavy (non-hydrogen) atoms. The zero-order valence-corrected chi connectivity index (χ0v) is 20.8. The van der Waals surface area contributed by atoms with Crippen molar-refractivity contribution in [3.63, 3.8) is 0 Å². The zero-order valence-electron chi connectivity index (χ0n) is 20.8. The SMILES string of the molecule is CC(C)(C)CCCCCC(=O)O.CCCCCCCCCCCCC1CNCCO1. The number of hydrogen-bond acceptors (Lipinski definition) is 3. The van der Waals surface area contributed by atoms with Crippen LogP contribution in [0.4, 0.5) is 0 Å². The van der Waals surface area contributed by atoms with Gasteiger partial charge in [-0.05, 0) is 24.7 Å². The van der Waals surface area contributed by atoms with E-state index in [0.717, 1.165) is 39.0 Å². The van der Waals surface area contributed by atoms with Crippen molar-refractivity contribution in [1.82, 2.24) is 5.32 Å². The molecule has 1 aliphatic heterocycles. The molecule has 0 spiro atoms. The van der Waals surface area contributed by atoms with Crippen LogP contribution >= 0.6 is 0 Å². The Morgan fingerprint density at radius 2 is 1.47 bits per heavy atom. The summed E-state index contributed by atoms with van der Waals surface area (Å²) in [5.74, 6) is -0.675. The van der Waals surface area contributed by atoms with E-state index >= 15 is 0 Å². The number of nitrogens with one attached hydrogen (secondary N) is 1. The molecule has 0 aliphatic carbocycles. The zero-order chi connectivity index (χ0) is 22.5. The third-order valence-corrected chi connectivity index (χ3v) is 5.70. The van der Waals surface area contributed by atoms with Gasteiger partial charge in [-0.2, -0.15) is 0 Å². The van der Waals surface area contributed by atoms with Crippen molar-refractivity contribution in [2.75, 3.05) is 19.7 Å². The molecule has 4 heteroatoms. The van der Waals surface area contributed by atoms with Gasteiger partial charge >= 0.3 is 5.97 Å². The highest BCUT2D eigenvalue weighted by molar-refractivity contribution is 5.66. The minimum atomic E-state index is -0.675. The first-order valence-corrected chi connectivity index (χ1v) is 12.9. The summed E-state index contributed by atoms with van der Waals surface area (Å²) < 4.78 is 5.70. The molecular formula is C26H53NO3. The highest BCUT2D eigenvalue weighted by Crippen LogP contribution is 2.22. The number of hydrogen-bond donors (Lipinski definition) is 2. The summed E-state index contributed by atoms with van der Waals surface area (Å²) in [6.07, 6.45) is 20.5. The van der Waals surface area contributed by atoms with Crippen LogP contribution in [0.1, 0.15) is 130 Å². The maximum Gasteiger partial charge on any atom is 0.303 e. The molecule has 180 valence electrons. The average Bonchev–Trinajstić information content (AvgIpc) is 2.69. The van der Waals surface area contributed by atoms with Crippen LogP contribution in [0.25, 0.3) is 0 Å². The third-order valence-electron chi connectivity index (χ3n) is 5.70. The van der Waals surface area contributed by atoms with Crippen LogP contribution in [-0.4, -0.2) is 36.9 Å². The molecule has 0 aromatic rings. The van der Waals surface area contributed by atoms with Crippen LogP contribution < -0.4 is 5.32 Å². The van der Waals surface area contributed by atoms with E-state index in [1.807, 2.05) is 0 Å². The van der Waals surface area contributed by atoms with Crippen molar-refractivity contribution in [2.45, 2.75) is 137 Å². The van der Waals surface area contributed by atoms with Crippen LogP contribution in [0.5, 0.6) is 0 Å². The predicted octanol–water partition coefficient (Wildman–Crippen LogP) is 7.35. The molecule has 0 aromatic carbocycles. The van der Waals surface area contributed by atoms with Crippen molar-refractivity contribution in [2.24, 2.45) is 5.41 Å². The van der Waals surface area contributed by atoms with Gasteiger partial charge in [-0.15, -0.1) is 0 Å². The molecule has 1 rings (SSSR count). The lowest BCUT2D eigenvalue weighted by Gasteiger charge is -2.23. The Balaban J connectivity index is 0.000000612. The van der Waals surface area contributed by atoms with Gasteiger partial charge in [-0.25, -0.2) is 0 Å². The highest BCUT2D eigenvalue weighted by Gasteiger charge is 2.12. The molecule has 1 fully saturated rings. The molecule has 0 saturated carbocycles. The molecule has 0 radical (unpaired) electrons. The summed E-state index contributed by atoms with van der Waals surface area (Å²) in [6, 6.07) is 0. The average molecular weight is 428 g/mol. The van der Waals surface area contributed by atoms with Gasteiger partial charge in [0.15, 0.2) is 0 Å². The Kier molecular flexibility index (Phi) is 19.9. The summed E-state index contributed by atoms with van der Waals surface area (Å²) in [4.78, 5) is 10.2. The Hall–Kier alpha value is -0.610. The number of carboxylic acid groups (broad SMARTS) is 1. The second-order valence-corrected chi connectivity index (χ2v) is 10.2. The molecular weight excluding hydrogens is 374 g/mol. The molecule has 0 aromatic heterocycles. The first-order chi connectivity index (χ1) is 14.3. The fourth-order valence-electron chi connectivity index (χ4n) is 3.77. The quantitative estimate of drug-likeness (QED) is 0.253. The lowest BCUT2D eigenvalue weighted by atomic mass is 9.89. The standard InChI is InChI=1S/C16H33NO.C10H20O2/c1-2-3-4-5-6-7-8-9-10-11-12-16-15-17-13-14-18-16;1-10(2,3)8-6-4-5-7-9(11)12/h16-17H,2-15H2,1H3;4-8H2,1-3H3,(H,11,12). The van der Waals surface area contributed by atoms with Crippen molar-refractivity contribution < 1.29 is 14.6 Å². The van der Waals surface area contributed by atoms with Gasteiger partial charge in [0.1, 0.15) is 0 Å². The Morgan fingerprint density at radius 1 is 0.900 bits per heavy atom. The summed E-state index contributed by atoms with van der Waals surface area (Å²) in [5.41, 5.74) is 0.392. The van der Waals surface area contributed by atoms with Crippen molar-refractivity contribution >= 4 is 5.97 Å². The van der Waals surface area contributed by atoms with E-state index < -0.39 is 5.97 Å². The van der Waals surface area contributed by atoms with Gasteiger partial charge in [0.05, 0.1) is 12.7 Å².